The molecule has 1 aromatic heterocycles. The minimum Gasteiger partial charge on any atom is -0.392 e. The maximum absolute atomic E-state index is 11.7. The molecule has 0 fully saturated rings. The van der Waals surface area contributed by atoms with Gasteiger partial charge < -0.3 is 15.6 Å². The Kier molecular flexibility index (Phi) is 3.64. The second-order valence-electron chi connectivity index (χ2n) is 4.11. The Bertz CT molecular complexity index is 412. The summed E-state index contributed by atoms with van der Waals surface area (Å²) in [5, 5.41) is 6.41. The van der Waals surface area contributed by atoms with Gasteiger partial charge in [-0.3, -0.25) is 4.79 Å². The number of carbonyl (C=O) groups is 1. The van der Waals surface area contributed by atoms with Crippen molar-refractivity contribution in [2.45, 2.75) is 27.3 Å². The Hall–Kier alpha value is -1.43. The van der Waals surface area contributed by atoms with Gasteiger partial charge >= 0.3 is 0 Å². The Morgan fingerprint density at radius 3 is 2.75 bits per heavy atom. The van der Waals surface area contributed by atoms with Gasteiger partial charge in [-0.15, -0.1) is 0 Å². The van der Waals surface area contributed by atoms with Gasteiger partial charge in [-0.05, 0) is 20.8 Å². The summed E-state index contributed by atoms with van der Waals surface area (Å²) >= 11 is 4.82. The van der Waals surface area contributed by atoms with E-state index in [1.807, 2.05) is 6.92 Å². The summed E-state index contributed by atoms with van der Waals surface area (Å²) in [6, 6.07) is 1.76. The van der Waals surface area contributed by atoms with Crippen molar-refractivity contribution in [3.63, 3.8) is 0 Å². The number of hydrogen-bond donors (Lipinski definition) is 2. The van der Waals surface area contributed by atoms with Crippen LogP contribution in [0.5, 0.6) is 0 Å². The molecule has 3 N–H and O–H groups in total. The summed E-state index contributed by atoms with van der Waals surface area (Å²) < 4.78 is 4.96. The van der Waals surface area contributed by atoms with Crippen molar-refractivity contribution in [3.8, 4) is 0 Å². The number of carbonyl (C=O) groups excluding carboxylic acids is 1. The van der Waals surface area contributed by atoms with E-state index in [0.717, 1.165) is 5.69 Å². The standard InChI is InChI=1S/C10H15N3O2S/c1-6-4-7(15-13-6)5-12-9(14)10(2,3)8(11)16/h4H,5H2,1-3H3,(H2,11,16)(H,12,14). The molecule has 1 aromatic rings. The highest BCUT2D eigenvalue weighted by atomic mass is 32.1. The predicted molar refractivity (Wildman–Crippen MR) is 63.7 cm³/mol. The minimum atomic E-state index is -0.857. The molecule has 1 amide bonds. The third kappa shape index (κ3) is 2.79. The first-order valence-corrected chi connectivity index (χ1v) is 5.25. The number of amides is 1. The molecule has 88 valence electrons. The molecule has 0 spiro atoms. The molecule has 0 unspecified atom stereocenters. The maximum Gasteiger partial charge on any atom is 0.232 e. The summed E-state index contributed by atoms with van der Waals surface area (Å²) in [6.07, 6.45) is 0. The van der Waals surface area contributed by atoms with Crippen LogP contribution in [0.2, 0.25) is 0 Å². The molecular weight excluding hydrogens is 226 g/mol. The van der Waals surface area contributed by atoms with E-state index < -0.39 is 5.41 Å². The summed E-state index contributed by atoms with van der Waals surface area (Å²) in [6.45, 7) is 5.45. The first-order valence-electron chi connectivity index (χ1n) is 4.84. The molecule has 16 heavy (non-hydrogen) atoms. The highest BCUT2D eigenvalue weighted by Crippen LogP contribution is 2.15. The number of aryl methyl sites for hydroxylation is 1. The van der Waals surface area contributed by atoms with Crippen LogP contribution >= 0.6 is 12.2 Å². The number of nitrogens with two attached hydrogens (primary N) is 1. The normalized spacial score (nSPS) is 11.2. The SMILES string of the molecule is Cc1cc(CNC(=O)C(C)(C)C(N)=S)on1. The van der Waals surface area contributed by atoms with E-state index in [0.29, 0.717) is 5.76 Å². The molecular formula is C10H15N3O2S. The maximum atomic E-state index is 11.7. The minimum absolute atomic E-state index is 0.166. The van der Waals surface area contributed by atoms with Crippen LogP contribution in [0, 0.1) is 12.3 Å². The van der Waals surface area contributed by atoms with Crippen LogP contribution in [0.1, 0.15) is 25.3 Å². The number of nitrogens with zero attached hydrogens (tertiary/aromatic N) is 1. The molecule has 0 bridgehead atoms. The number of thiocarbonyl (C=S) groups is 1. The fourth-order valence-electron chi connectivity index (χ4n) is 1.000. The molecule has 6 heteroatoms. The molecule has 0 saturated carbocycles. The molecule has 0 aliphatic heterocycles. The molecule has 0 aliphatic rings. The van der Waals surface area contributed by atoms with Crippen LogP contribution in [-0.4, -0.2) is 16.1 Å². The van der Waals surface area contributed by atoms with E-state index in [-0.39, 0.29) is 17.4 Å². The fraction of sp³-hybridized carbons (Fsp3) is 0.500. The monoisotopic (exact) mass is 241 g/mol. The van der Waals surface area contributed by atoms with E-state index >= 15 is 0 Å². The van der Waals surface area contributed by atoms with E-state index in [1.54, 1.807) is 19.9 Å². The van der Waals surface area contributed by atoms with Crippen LogP contribution in [0.25, 0.3) is 0 Å². The number of rotatable bonds is 4. The first kappa shape index (κ1) is 12.6. The van der Waals surface area contributed by atoms with Gasteiger partial charge in [0.2, 0.25) is 5.91 Å². The van der Waals surface area contributed by atoms with E-state index in [9.17, 15) is 4.79 Å². The number of hydrogen-bond acceptors (Lipinski definition) is 4. The topological polar surface area (TPSA) is 81.2 Å². The van der Waals surface area contributed by atoms with Crippen molar-refractivity contribution >= 4 is 23.1 Å². The third-order valence-electron chi connectivity index (χ3n) is 2.28. The molecule has 0 saturated heterocycles. The van der Waals surface area contributed by atoms with Gasteiger partial charge in [0, 0.05) is 6.07 Å². The van der Waals surface area contributed by atoms with Crippen molar-refractivity contribution in [1.29, 1.82) is 0 Å². The molecule has 0 aromatic carbocycles. The van der Waals surface area contributed by atoms with Crippen LogP contribution in [0.3, 0.4) is 0 Å². The average Bonchev–Trinajstić information content (AvgIpc) is 2.60. The molecule has 0 radical (unpaired) electrons. The third-order valence-corrected chi connectivity index (χ3v) is 2.79. The lowest BCUT2D eigenvalue weighted by molar-refractivity contribution is -0.126. The summed E-state index contributed by atoms with van der Waals surface area (Å²) in [5.74, 6) is 0.374. The lowest BCUT2D eigenvalue weighted by Crippen LogP contribution is -2.44. The molecule has 1 heterocycles. The Labute approximate surface area is 99.4 Å². The second kappa shape index (κ2) is 4.61. The second-order valence-corrected chi connectivity index (χ2v) is 4.55. The van der Waals surface area contributed by atoms with Gasteiger partial charge in [0.15, 0.2) is 5.76 Å². The zero-order valence-electron chi connectivity index (χ0n) is 9.53. The van der Waals surface area contributed by atoms with E-state index in [2.05, 4.69) is 10.5 Å². The van der Waals surface area contributed by atoms with Crippen molar-refractivity contribution in [2.24, 2.45) is 11.1 Å². The van der Waals surface area contributed by atoms with Crippen molar-refractivity contribution in [3.05, 3.63) is 17.5 Å². The van der Waals surface area contributed by atoms with Crippen molar-refractivity contribution in [1.82, 2.24) is 10.5 Å². The van der Waals surface area contributed by atoms with E-state index in [1.165, 1.54) is 0 Å². The summed E-state index contributed by atoms with van der Waals surface area (Å²) in [5.41, 5.74) is 5.40. The van der Waals surface area contributed by atoms with Crippen LogP contribution < -0.4 is 11.1 Å². The zero-order chi connectivity index (χ0) is 12.3. The van der Waals surface area contributed by atoms with Gasteiger partial charge in [0.1, 0.15) is 0 Å². The predicted octanol–water partition coefficient (Wildman–Crippen LogP) is 0.912. The van der Waals surface area contributed by atoms with Crippen molar-refractivity contribution in [2.75, 3.05) is 0 Å². The fourth-order valence-corrected chi connectivity index (χ4v) is 1.09. The highest BCUT2D eigenvalue weighted by Gasteiger charge is 2.30. The smallest absolute Gasteiger partial charge is 0.232 e. The van der Waals surface area contributed by atoms with Gasteiger partial charge in [0.25, 0.3) is 0 Å². The zero-order valence-corrected chi connectivity index (χ0v) is 10.4. The number of nitrogens with one attached hydrogen (secondary N) is 1. The number of aromatic nitrogens is 1. The summed E-state index contributed by atoms with van der Waals surface area (Å²) in [4.78, 5) is 11.9. The molecule has 0 aliphatic carbocycles. The van der Waals surface area contributed by atoms with Gasteiger partial charge in [-0.1, -0.05) is 17.4 Å². The lowest BCUT2D eigenvalue weighted by atomic mass is 9.92. The average molecular weight is 241 g/mol. The van der Waals surface area contributed by atoms with Crippen molar-refractivity contribution < 1.29 is 9.32 Å². The molecule has 5 nitrogen and oxygen atoms in total. The van der Waals surface area contributed by atoms with Gasteiger partial charge in [-0.2, -0.15) is 0 Å². The largest absolute Gasteiger partial charge is 0.392 e. The van der Waals surface area contributed by atoms with Crippen LogP contribution in [0.15, 0.2) is 10.6 Å². The Balaban J connectivity index is 2.56. The summed E-state index contributed by atoms with van der Waals surface area (Å²) in [7, 11) is 0. The van der Waals surface area contributed by atoms with E-state index in [4.69, 9.17) is 22.5 Å². The Morgan fingerprint density at radius 1 is 1.69 bits per heavy atom. The lowest BCUT2D eigenvalue weighted by Gasteiger charge is -2.21. The molecule has 1 rings (SSSR count). The van der Waals surface area contributed by atoms with Gasteiger partial charge in [0.05, 0.1) is 22.6 Å². The molecule has 0 atom stereocenters. The Morgan fingerprint density at radius 2 is 2.31 bits per heavy atom. The van der Waals surface area contributed by atoms with Crippen LogP contribution in [0.4, 0.5) is 0 Å². The first-order chi connectivity index (χ1) is 7.34. The van der Waals surface area contributed by atoms with Crippen LogP contribution in [-0.2, 0) is 11.3 Å². The van der Waals surface area contributed by atoms with Gasteiger partial charge in [-0.25, -0.2) is 0 Å². The highest BCUT2D eigenvalue weighted by molar-refractivity contribution is 7.80. The quantitative estimate of drug-likeness (QED) is 0.766.